The molecule has 0 aromatic heterocycles. The SMILES string of the molecule is COc1cc(C=O)ccc1OC(C)C(C)(C)C. The number of aldehydes is 1. The highest BCUT2D eigenvalue weighted by molar-refractivity contribution is 5.76. The second kappa shape index (κ2) is 5.21. The van der Waals surface area contributed by atoms with Crippen LogP contribution in [0.3, 0.4) is 0 Å². The first kappa shape index (κ1) is 13.6. The summed E-state index contributed by atoms with van der Waals surface area (Å²) in [4.78, 5) is 10.7. The molecule has 1 aromatic carbocycles. The minimum absolute atomic E-state index is 0.0499. The summed E-state index contributed by atoms with van der Waals surface area (Å²) in [5, 5.41) is 0. The van der Waals surface area contributed by atoms with E-state index in [4.69, 9.17) is 9.47 Å². The Kier molecular flexibility index (Phi) is 4.16. The highest BCUT2D eigenvalue weighted by Crippen LogP contribution is 2.32. The van der Waals surface area contributed by atoms with Gasteiger partial charge in [-0.15, -0.1) is 0 Å². The van der Waals surface area contributed by atoms with Gasteiger partial charge in [0.05, 0.1) is 7.11 Å². The van der Waals surface area contributed by atoms with Gasteiger partial charge in [0.2, 0.25) is 0 Å². The van der Waals surface area contributed by atoms with Crippen molar-refractivity contribution in [2.45, 2.75) is 33.8 Å². The predicted octanol–water partition coefficient (Wildman–Crippen LogP) is 3.32. The van der Waals surface area contributed by atoms with E-state index in [-0.39, 0.29) is 11.5 Å². The molecule has 0 N–H and O–H groups in total. The fourth-order valence-electron chi connectivity index (χ4n) is 1.22. The summed E-state index contributed by atoms with van der Waals surface area (Å²) in [5.74, 6) is 1.26. The lowest BCUT2D eigenvalue weighted by atomic mass is 9.90. The van der Waals surface area contributed by atoms with Gasteiger partial charge >= 0.3 is 0 Å². The van der Waals surface area contributed by atoms with Gasteiger partial charge in [-0.05, 0) is 30.5 Å². The summed E-state index contributed by atoms with van der Waals surface area (Å²) >= 11 is 0. The lowest BCUT2D eigenvalue weighted by molar-refractivity contribution is 0.0999. The third-order valence-corrected chi connectivity index (χ3v) is 2.85. The number of ether oxygens (including phenoxy) is 2. The number of hydrogen-bond donors (Lipinski definition) is 0. The van der Waals surface area contributed by atoms with E-state index >= 15 is 0 Å². The van der Waals surface area contributed by atoms with Crippen LogP contribution in [-0.4, -0.2) is 19.5 Å². The maximum absolute atomic E-state index is 10.7. The molecule has 0 bridgehead atoms. The molecular weight excluding hydrogens is 216 g/mol. The van der Waals surface area contributed by atoms with Crippen molar-refractivity contribution in [3.63, 3.8) is 0 Å². The van der Waals surface area contributed by atoms with Crippen molar-refractivity contribution in [1.82, 2.24) is 0 Å². The number of carbonyl (C=O) groups is 1. The maximum atomic E-state index is 10.7. The standard InChI is InChI=1S/C14H20O3/c1-10(14(2,3)4)17-12-7-6-11(9-15)8-13(12)16-5/h6-10H,1-5H3. The van der Waals surface area contributed by atoms with Gasteiger partial charge in [-0.25, -0.2) is 0 Å². The molecule has 0 aliphatic carbocycles. The van der Waals surface area contributed by atoms with Crippen LogP contribution in [0.2, 0.25) is 0 Å². The molecule has 0 amide bonds. The minimum Gasteiger partial charge on any atom is -0.493 e. The Bertz CT molecular complexity index is 391. The first-order valence-electron chi connectivity index (χ1n) is 5.68. The first-order valence-corrected chi connectivity index (χ1v) is 5.68. The molecule has 0 aliphatic rings. The predicted molar refractivity (Wildman–Crippen MR) is 67.9 cm³/mol. The Morgan fingerprint density at radius 2 is 1.88 bits per heavy atom. The number of hydrogen-bond acceptors (Lipinski definition) is 3. The molecule has 94 valence electrons. The highest BCUT2D eigenvalue weighted by Gasteiger charge is 2.22. The molecule has 17 heavy (non-hydrogen) atoms. The van der Waals surface area contributed by atoms with Crippen molar-refractivity contribution < 1.29 is 14.3 Å². The molecule has 0 spiro atoms. The number of carbonyl (C=O) groups excluding carboxylic acids is 1. The van der Waals surface area contributed by atoms with Crippen LogP contribution in [0.5, 0.6) is 11.5 Å². The Labute approximate surface area is 103 Å². The number of methoxy groups -OCH3 is 1. The van der Waals surface area contributed by atoms with Gasteiger partial charge in [0.1, 0.15) is 12.4 Å². The van der Waals surface area contributed by atoms with E-state index in [1.165, 1.54) is 0 Å². The molecule has 0 radical (unpaired) electrons. The topological polar surface area (TPSA) is 35.5 Å². The lowest BCUT2D eigenvalue weighted by Crippen LogP contribution is -2.28. The van der Waals surface area contributed by atoms with Gasteiger partial charge in [0, 0.05) is 5.56 Å². The molecule has 3 nitrogen and oxygen atoms in total. The van der Waals surface area contributed by atoms with Gasteiger partial charge in [-0.1, -0.05) is 20.8 Å². The van der Waals surface area contributed by atoms with Crippen LogP contribution in [-0.2, 0) is 0 Å². The molecular formula is C14H20O3. The zero-order valence-corrected chi connectivity index (χ0v) is 11.1. The first-order chi connectivity index (χ1) is 7.88. The molecule has 0 fully saturated rings. The monoisotopic (exact) mass is 236 g/mol. The normalized spacial score (nSPS) is 13.0. The summed E-state index contributed by atoms with van der Waals surface area (Å²) < 4.78 is 11.1. The average Bonchev–Trinajstić information content (AvgIpc) is 2.28. The minimum atomic E-state index is 0.0499. The van der Waals surface area contributed by atoms with E-state index < -0.39 is 0 Å². The fourth-order valence-corrected chi connectivity index (χ4v) is 1.22. The summed E-state index contributed by atoms with van der Waals surface area (Å²) in [5.41, 5.74) is 0.631. The van der Waals surface area contributed by atoms with Crippen molar-refractivity contribution in [1.29, 1.82) is 0 Å². The number of benzene rings is 1. The average molecular weight is 236 g/mol. The Hall–Kier alpha value is -1.51. The Morgan fingerprint density at radius 1 is 1.24 bits per heavy atom. The third-order valence-electron chi connectivity index (χ3n) is 2.85. The van der Waals surface area contributed by atoms with Gasteiger partial charge in [0.25, 0.3) is 0 Å². The van der Waals surface area contributed by atoms with Gasteiger partial charge in [-0.3, -0.25) is 4.79 Å². The fraction of sp³-hybridized carbons (Fsp3) is 0.500. The highest BCUT2D eigenvalue weighted by atomic mass is 16.5. The lowest BCUT2D eigenvalue weighted by Gasteiger charge is -2.28. The summed E-state index contributed by atoms with van der Waals surface area (Å²) in [6.45, 7) is 8.37. The van der Waals surface area contributed by atoms with Crippen molar-refractivity contribution in [2.75, 3.05) is 7.11 Å². The third kappa shape index (κ3) is 3.48. The van der Waals surface area contributed by atoms with Crippen LogP contribution in [0.4, 0.5) is 0 Å². The quantitative estimate of drug-likeness (QED) is 0.752. The second-order valence-electron chi connectivity index (χ2n) is 5.15. The maximum Gasteiger partial charge on any atom is 0.161 e. The molecule has 1 aromatic rings. The van der Waals surface area contributed by atoms with Crippen LogP contribution in [0.1, 0.15) is 38.1 Å². The van der Waals surface area contributed by atoms with E-state index in [2.05, 4.69) is 20.8 Å². The van der Waals surface area contributed by atoms with Crippen LogP contribution in [0.15, 0.2) is 18.2 Å². The zero-order valence-electron chi connectivity index (χ0n) is 11.1. The van der Waals surface area contributed by atoms with Crippen LogP contribution in [0, 0.1) is 5.41 Å². The van der Waals surface area contributed by atoms with Gasteiger partial charge in [0.15, 0.2) is 11.5 Å². The second-order valence-corrected chi connectivity index (χ2v) is 5.15. The molecule has 3 heteroatoms. The Balaban J connectivity index is 2.95. The van der Waals surface area contributed by atoms with Crippen LogP contribution >= 0.6 is 0 Å². The smallest absolute Gasteiger partial charge is 0.161 e. The van der Waals surface area contributed by atoms with E-state index in [1.807, 2.05) is 6.92 Å². The summed E-state index contributed by atoms with van der Waals surface area (Å²) in [6, 6.07) is 5.17. The van der Waals surface area contributed by atoms with Crippen molar-refractivity contribution in [3.05, 3.63) is 23.8 Å². The van der Waals surface area contributed by atoms with E-state index in [1.54, 1.807) is 25.3 Å². The van der Waals surface area contributed by atoms with Crippen LogP contribution < -0.4 is 9.47 Å². The molecule has 1 atom stereocenters. The summed E-state index contributed by atoms with van der Waals surface area (Å²) in [7, 11) is 1.57. The van der Waals surface area contributed by atoms with Crippen molar-refractivity contribution in [2.24, 2.45) is 5.41 Å². The van der Waals surface area contributed by atoms with E-state index in [0.29, 0.717) is 17.1 Å². The van der Waals surface area contributed by atoms with Crippen LogP contribution in [0.25, 0.3) is 0 Å². The molecule has 0 saturated heterocycles. The molecule has 0 aliphatic heterocycles. The zero-order chi connectivity index (χ0) is 13.1. The molecule has 0 saturated carbocycles. The molecule has 1 unspecified atom stereocenters. The van der Waals surface area contributed by atoms with E-state index in [0.717, 1.165) is 6.29 Å². The summed E-state index contributed by atoms with van der Waals surface area (Å²) in [6.07, 6.45) is 0.845. The van der Waals surface area contributed by atoms with Crippen molar-refractivity contribution in [3.8, 4) is 11.5 Å². The van der Waals surface area contributed by atoms with Gasteiger partial charge < -0.3 is 9.47 Å². The van der Waals surface area contributed by atoms with E-state index in [9.17, 15) is 4.79 Å². The number of rotatable bonds is 4. The van der Waals surface area contributed by atoms with Crippen molar-refractivity contribution >= 4 is 6.29 Å². The Morgan fingerprint density at radius 3 is 2.35 bits per heavy atom. The van der Waals surface area contributed by atoms with Gasteiger partial charge in [-0.2, -0.15) is 0 Å². The molecule has 1 rings (SSSR count). The largest absolute Gasteiger partial charge is 0.493 e. The molecule has 0 heterocycles.